The molecule has 34 heavy (non-hydrogen) atoms. The van der Waals surface area contributed by atoms with Crippen LogP contribution in [-0.2, 0) is 4.74 Å². The van der Waals surface area contributed by atoms with Crippen molar-refractivity contribution in [2.24, 2.45) is 4.99 Å². The Morgan fingerprint density at radius 1 is 1.21 bits per heavy atom. The lowest BCUT2D eigenvalue weighted by molar-refractivity contribution is -0.0498. The SMILES string of the molecule is [B]C(/C=N\C(=C)OC1CCC(N(c2ccc(OC(F)F)cc2)c2cnccc2OC)CC1)=C/C. The minimum atomic E-state index is -2.87. The van der Waals surface area contributed by atoms with Gasteiger partial charge in [0.25, 0.3) is 0 Å². The average molecular weight is 467 g/mol. The van der Waals surface area contributed by atoms with E-state index in [1.54, 1.807) is 43.8 Å². The highest BCUT2D eigenvalue weighted by atomic mass is 19.3. The topological polar surface area (TPSA) is 56.2 Å². The number of aliphatic imine (C=N–C) groups is 1. The highest BCUT2D eigenvalue weighted by Crippen LogP contribution is 2.39. The zero-order valence-electron chi connectivity index (χ0n) is 19.4. The van der Waals surface area contributed by atoms with Crippen LogP contribution in [0.3, 0.4) is 0 Å². The fourth-order valence-electron chi connectivity index (χ4n) is 3.93. The molecule has 0 aliphatic heterocycles. The van der Waals surface area contributed by atoms with E-state index in [2.05, 4.69) is 26.2 Å². The molecule has 1 aliphatic carbocycles. The van der Waals surface area contributed by atoms with Crippen molar-refractivity contribution < 1.29 is 23.0 Å². The van der Waals surface area contributed by atoms with Gasteiger partial charge in [0.15, 0.2) is 0 Å². The smallest absolute Gasteiger partial charge is 0.387 e. The molecule has 1 fully saturated rings. The van der Waals surface area contributed by atoms with E-state index in [0.29, 0.717) is 17.1 Å². The van der Waals surface area contributed by atoms with Gasteiger partial charge in [-0.3, -0.25) is 4.98 Å². The molecule has 0 spiro atoms. The fraction of sp³-hybridized carbons (Fsp3) is 0.360. The molecule has 0 unspecified atom stereocenters. The first-order valence-electron chi connectivity index (χ1n) is 11.0. The second-order valence-corrected chi connectivity index (χ2v) is 7.78. The summed E-state index contributed by atoms with van der Waals surface area (Å²) in [5.41, 5.74) is 2.17. The second kappa shape index (κ2) is 12.2. The number of alkyl halides is 2. The third kappa shape index (κ3) is 6.82. The Kier molecular flexibility index (Phi) is 9.07. The molecule has 1 heterocycles. The number of hydrogen-bond acceptors (Lipinski definition) is 6. The molecule has 0 amide bonds. The van der Waals surface area contributed by atoms with Crippen LogP contribution < -0.4 is 14.4 Å². The van der Waals surface area contributed by atoms with E-state index >= 15 is 0 Å². The van der Waals surface area contributed by atoms with Crippen LogP contribution in [0.25, 0.3) is 0 Å². The lowest BCUT2D eigenvalue weighted by Crippen LogP contribution is -2.36. The summed E-state index contributed by atoms with van der Waals surface area (Å²) < 4.78 is 41.1. The van der Waals surface area contributed by atoms with Crippen molar-refractivity contribution in [1.82, 2.24) is 4.98 Å². The quantitative estimate of drug-likeness (QED) is 0.252. The Morgan fingerprint density at radius 2 is 1.91 bits per heavy atom. The summed E-state index contributed by atoms with van der Waals surface area (Å²) in [7, 11) is 7.33. The zero-order valence-corrected chi connectivity index (χ0v) is 19.4. The second-order valence-electron chi connectivity index (χ2n) is 7.78. The van der Waals surface area contributed by atoms with Gasteiger partial charge in [-0.15, -0.1) is 0 Å². The number of rotatable bonds is 10. The molecule has 2 aromatic rings. The van der Waals surface area contributed by atoms with Gasteiger partial charge in [0.2, 0.25) is 5.88 Å². The Hall–Kier alpha value is -3.36. The summed E-state index contributed by atoms with van der Waals surface area (Å²) in [6.07, 6.45) is 9.91. The Labute approximate surface area is 200 Å². The Bertz CT molecular complexity index is 1010. The van der Waals surface area contributed by atoms with Crippen LogP contribution in [0.15, 0.2) is 71.7 Å². The molecule has 2 radical (unpaired) electrons. The minimum Gasteiger partial charge on any atom is -0.494 e. The minimum absolute atomic E-state index is 0.00723. The standard InChI is InChI=1S/C25H28BF2N3O3/c1-4-18(26)15-30-17(2)33-21-9-5-19(6-10-21)31(23-16-29-14-13-24(23)32-3)20-7-11-22(12-8-20)34-25(27)28/h4,7-8,11-16,19,21,25H,2,5-6,9-10H2,1,3H3/b18-4+,30-15-. The maximum atomic E-state index is 12.6. The molecule has 0 saturated heterocycles. The molecule has 1 aromatic heterocycles. The van der Waals surface area contributed by atoms with Crippen molar-refractivity contribution >= 4 is 25.4 Å². The van der Waals surface area contributed by atoms with Crippen LogP contribution in [0.2, 0.25) is 0 Å². The van der Waals surface area contributed by atoms with Crippen LogP contribution in [0.4, 0.5) is 20.2 Å². The molecule has 6 nitrogen and oxygen atoms in total. The summed E-state index contributed by atoms with van der Waals surface area (Å²) in [5.74, 6) is 1.10. The molecule has 3 rings (SSSR count). The van der Waals surface area contributed by atoms with Crippen molar-refractivity contribution in [2.45, 2.75) is 51.4 Å². The molecule has 178 valence electrons. The summed E-state index contributed by atoms with van der Waals surface area (Å²) in [4.78, 5) is 10.6. The van der Waals surface area contributed by atoms with Gasteiger partial charge < -0.3 is 19.1 Å². The van der Waals surface area contributed by atoms with Gasteiger partial charge in [0.1, 0.15) is 31.1 Å². The van der Waals surface area contributed by atoms with Gasteiger partial charge in [-0.2, -0.15) is 8.78 Å². The highest BCUT2D eigenvalue weighted by Gasteiger charge is 2.30. The third-order valence-electron chi connectivity index (χ3n) is 5.58. The van der Waals surface area contributed by atoms with Crippen molar-refractivity contribution in [3.8, 4) is 11.5 Å². The number of methoxy groups -OCH3 is 1. The predicted octanol–water partition coefficient (Wildman–Crippen LogP) is 5.77. The first-order valence-corrected chi connectivity index (χ1v) is 11.0. The molecule has 1 saturated carbocycles. The largest absolute Gasteiger partial charge is 0.494 e. The maximum absolute atomic E-state index is 12.6. The third-order valence-corrected chi connectivity index (χ3v) is 5.58. The van der Waals surface area contributed by atoms with Gasteiger partial charge >= 0.3 is 6.61 Å². The molecule has 1 aliphatic rings. The van der Waals surface area contributed by atoms with Crippen LogP contribution in [-0.4, -0.2) is 44.9 Å². The van der Waals surface area contributed by atoms with E-state index in [1.807, 2.05) is 6.92 Å². The molecule has 0 N–H and O–H groups in total. The molecular formula is C25H28BF2N3O3. The van der Waals surface area contributed by atoms with Crippen LogP contribution in [0.5, 0.6) is 11.5 Å². The van der Waals surface area contributed by atoms with Crippen molar-refractivity contribution in [1.29, 1.82) is 0 Å². The molecule has 0 atom stereocenters. The lowest BCUT2D eigenvalue weighted by atomic mass is 9.91. The van der Waals surface area contributed by atoms with E-state index in [-0.39, 0.29) is 17.9 Å². The number of ether oxygens (including phenoxy) is 3. The number of anilines is 2. The number of halogens is 2. The summed E-state index contributed by atoms with van der Waals surface area (Å²) in [5, 5.41) is 0. The van der Waals surface area contributed by atoms with Gasteiger partial charge in [-0.05, 0) is 63.5 Å². The van der Waals surface area contributed by atoms with E-state index < -0.39 is 6.61 Å². The van der Waals surface area contributed by atoms with Gasteiger partial charge in [0.05, 0.1) is 13.3 Å². The monoisotopic (exact) mass is 467 g/mol. The zero-order chi connectivity index (χ0) is 24.5. The molecular weight excluding hydrogens is 439 g/mol. The first kappa shape index (κ1) is 25.3. The van der Waals surface area contributed by atoms with Crippen molar-refractivity contribution in [3.05, 3.63) is 66.7 Å². The number of pyridine rings is 1. The van der Waals surface area contributed by atoms with Gasteiger partial charge in [-0.1, -0.05) is 11.5 Å². The van der Waals surface area contributed by atoms with E-state index in [9.17, 15) is 8.78 Å². The summed E-state index contributed by atoms with van der Waals surface area (Å²) >= 11 is 0. The van der Waals surface area contributed by atoms with Gasteiger partial charge in [0, 0.05) is 30.2 Å². The maximum Gasteiger partial charge on any atom is 0.387 e. The average Bonchev–Trinajstić information content (AvgIpc) is 2.84. The molecule has 1 aromatic carbocycles. The summed E-state index contributed by atoms with van der Waals surface area (Å²) in [6.45, 7) is 2.81. The fourth-order valence-corrected chi connectivity index (χ4v) is 3.93. The van der Waals surface area contributed by atoms with Crippen LogP contribution >= 0.6 is 0 Å². The van der Waals surface area contributed by atoms with E-state index in [4.69, 9.17) is 17.3 Å². The number of benzene rings is 1. The molecule has 0 bridgehead atoms. The summed E-state index contributed by atoms with van der Waals surface area (Å²) in [6, 6.07) is 8.50. The number of aromatic nitrogens is 1. The first-order chi connectivity index (χ1) is 16.4. The van der Waals surface area contributed by atoms with Crippen molar-refractivity contribution in [3.63, 3.8) is 0 Å². The number of allylic oxidation sites excluding steroid dienone is 2. The normalized spacial score (nSPS) is 18.7. The lowest BCUT2D eigenvalue weighted by Gasteiger charge is -2.38. The van der Waals surface area contributed by atoms with Gasteiger partial charge in [-0.25, -0.2) is 4.99 Å². The van der Waals surface area contributed by atoms with Crippen LogP contribution in [0.1, 0.15) is 32.6 Å². The Balaban J connectivity index is 1.76. The highest BCUT2D eigenvalue weighted by molar-refractivity contribution is 6.32. The van der Waals surface area contributed by atoms with E-state index in [1.165, 1.54) is 18.3 Å². The Morgan fingerprint density at radius 3 is 2.53 bits per heavy atom. The molecule has 9 heteroatoms. The van der Waals surface area contributed by atoms with Crippen molar-refractivity contribution in [2.75, 3.05) is 12.0 Å². The number of nitrogens with zero attached hydrogens (tertiary/aromatic N) is 3. The van der Waals surface area contributed by atoms with E-state index in [0.717, 1.165) is 37.1 Å². The van der Waals surface area contributed by atoms with Crippen LogP contribution in [0, 0.1) is 0 Å². The number of hydrogen-bond donors (Lipinski definition) is 0. The predicted molar refractivity (Wildman–Crippen MR) is 130 cm³/mol.